The molecule has 0 radical (unpaired) electrons. The molecule has 0 N–H and O–H groups in total. The number of aldehydes is 1. The highest BCUT2D eigenvalue weighted by Crippen LogP contribution is 2.05. The van der Waals surface area contributed by atoms with Crippen molar-refractivity contribution in [1.82, 2.24) is 0 Å². The van der Waals surface area contributed by atoms with E-state index in [2.05, 4.69) is 0 Å². The van der Waals surface area contributed by atoms with Crippen LogP contribution < -0.4 is 0 Å². The fraction of sp³-hybridized carbons (Fsp3) is 0.500. The zero-order chi connectivity index (χ0) is 10.8. The molecule has 0 saturated heterocycles. The summed E-state index contributed by atoms with van der Waals surface area (Å²) in [5.74, 6) is 0. The highest BCUT2D eigenvalue weighted by molar-refractivity contribution is 5.65. The van der Waals surface area contributed by atoms with Crippen LogP contribution in [-0.2, 0) is 4.79 Å². The van der Waals surface area contributed by atoms with Crippen molar-refractivity contribution in [2.24, 2.45) is 0 Å². The number of rotatable bonds is 7. The van der Waals surface area contributed by atoms with Crippen molar-refractivity contribution >= 4 is 6.29 Å². The molecule has 0 aromatic heterocycles. The Bertz CT molecular complexity index is 244. The average Bonchev–Trinajstić information content (AvgIpc) is 2.16. The zero-order valence-corrected chi connectivity index (χ0v) is 8.31. The predicted octanol–water partition coefficient (Wildman–Crippen LogP) is 2.13. The third-order valence-electron chi connectivity index (χ3n) is 1.75. The maximum Gasteiger partial charge on any atom is 0.204 e. The van der Waals surface area contributed by atoms with Crippen LogP contribution in [-0.4, -0.2) is 17.8 Å². The molecule has 0 aliphatic rings. The number of nitrogens with zero attached hydrogens (tertiary/aromatic N) is 1. The molecule has 0 atom stereocenters. The molecule has 0 unspecified atom stereocenters. The maximum atomic E-state index is 10.0. The molecule has 0 heterocycles. The van der Waals surface area contributed by atoms with Crippen molar-refractivity contribution in [3.63, 3.8) is 0 Å². The van der Waals surface area contributed by atoms with E-state index in [0.717, 1.165) is 18.3 Å². The second-order valence-corrected chi connectivity index (χ2v) is 2.83. The zero-order valence-electron chi connectivity index (χ0n) is 8.31. The van der Waals surface area contributed by atoms with E-state index in [1.807, 2.05) is 13.0 Å². The topological polar surface area (TPSA) is 60.2 Å². The number of unbranched alkanes of at least 4 members (excludes halogenated alkanes) is 1. The van der Waals surface area contributed by atoms with E-state index in [1.54, 1.807) is 6.08 Å². The largest absolute Gasteiger partial charge is 0.299 e. The second kappa shape index (κ2) is 8.16. The molecule has 0 rings (SSSR count). The van der Waals surface area contributed by atoms with E-state index in [0.29, 0.717) is 12.8 Å². The minimum absolute atomic E-state index is 0.00485. The number of hydrogen-bond acceptors (Lipinski definition) is 3. The summed E-state index contributed by atoms with van der Waals surface area (Å²) in [6, 6.07) is 0. The van der Waals surface area contributed by atoms with Gasteiger partial charge in [-0.25, -0.2) is 0 Å². The standard InChI is InChI=1S/C10H15NO3/c1-2-10(7-5-9-12)6-3-4-8-11(13)14/h5-7,9H,2-4,8H2,1H3/b7-5+,10-6+. The van der Waals surface area contributed by atoms with Crippen LogP contribution in [0.25, 0.3) is 0 Å². The molecule has 14 heavy (non-hydrogen) atoms. The number of carbonyl (C=O) groups is 1. The van der Waals surface area contributed by atoms with Gasteiger partial charge in [0, 0.05) is 11.3 Å². The summed E-state index contributed by atoms with van der Waals surface area (Å²) < 4.78 is 0. The van der Waals surface area contributed by atoms with Gasteiger partial charge in [0.2, 0.25) is 6.54 Å². The molecule has 0 spiro atoms. The smallest absolute Gasteiger partial charge is 0.204 e. The molecule has 78 valence electrons. The van der Waals surface area contributed by atoms with E-state index in [-0.39, 0.29) is 11.5 Å². The Hall–Kier alpha value is -1.45. The predicted molar refractivity (Wildman–Crippen MR) is 54.7 cm³/mol. The molecule has 4 heteroatoms. The number of hydrogen-bond donors (Lipinski definition) is 0. The number of nitro groups is 1. The third kappa shape index (κ3) is 7.21. The van der Waals surface area contributed by atoms with Crippen molar-refractivity contribution in [1.29, 1.82) is 0 Å². The van der Waals surface area contributed by atoms with Gasteiger partial charge in [0.05, 0.1) is 0 Å². The van der Waals surface area contributed by atoms with E-state index in [9.17, 15) is 14.9 Å². The Morgan fingerprint density at radius 2 is 2.21 bits per heavy atom. The molecule has 0 amide bonds. The lowest BCUT2D eigenvalue weighted by Gasteiger charge is -1.95. The molecule has 0 aliphatic heterocycles. The quantitative estimate of drug-likeness (QED) is 0.157. The molecule has 0 aromatic carbocycles. The van der Waals surface area contributed by atoms with Gasteiger partial charge in [0.25, 0.3) is 0 Å². The molecule has 4 nitrogen and oxygen atoms in total. The molecule has 0 saturated carbocycles. The van der Waals surface area contributed by atoms with Gasteiger partial charge in [-0.05, 0) is 18.9 Å². The first-order chi connectivity index (χ1) is 6.70. The van der Waals surface area contributed by atoms with Crippen LogP contribution in [0.1, 0.15) is 26.2 Å². The molecule has 0 bridgehead atoms. The highest BCUT2D eigenvalue weighted by Gasteiger charge is 1.94. The van der Waals surface area contributed by atoms with Crippen LogP contribution in [0.4, 0.5) is 0 Å². The van der Waals surface area contributed by atoms with Crippen molar-refractivity contribution in [2.45, 2.75) is 26.2 Å². The van der Waals surface area contributed by atoms with Crippen molar-refractivity contribution in [3.8, 4) is 0 Å². The first kappa shape index (κ1) is 12.6. The Kier molecular flexibility index (Phi) is 7.32. The summed E-state index contributed by atoms with van der Waals surface area (Å²) in [5.41, 5.74) is 1.04. The summed E-state index contributed by atoms with van der Waals surface area (Å²) in [7, 11) is 0. The molecule has 0 aromatic rings. The van der Waals surface area contributed by atoms with Crippen LogP contribution in [0.5, 0.6) is 0 Å². The lowest BCUT2D eigenvalue weighted by atomic mass is 10.1. The summed E-state index contributed by atoms with van der Waals surface area (Å²) in [4.78, 5) is 19.7. The van der Waals surface area contributed by atoms with E-state index in [1.165, 1.54) is 6.08 Å². The molecule has 0 fully saturated rings. The first-order valence-corrected chi connectivity index (χ1v) is 4.63. The normalized spacial score (nSPS) is 11.9. The first-order valence-electron chi connectivity index (χ1n) is 4.63. The SMILES string of the molecule is CCC(/C=C/C=O)=C\CCC[N+](=O)[O-]. The van der Waals surface area contributed by atoms with Crippen LogP contribution >= 0.6 is 0 Å². The lowest BCUT2D eigenvalue weighted by molar-refractivity contribution is -0.480. The lowest BCUT2D eigenvalue weighted by Crippen LogP contribution is -1.99. The Balaban J connectivity index is 3.86. The van der Waals surface area contributed by atoms with Crippen LogP contribution in [0.15, 0.2) is 23.8 Å². The van der Waals surface area contributed by atoms with E-state index in [4.69, 9.17) is 0 Å². The van der Waals surface area contributed by atoms with Gasteiger partial charge < -0.3 is 0 Å². The summed E-state index contributed by atoms with van der Waals surface area (Å²) in [5, 5.41) is 10.0. The van der Waals surface area contributed by atoms with Gasteiger partial charge in [-0.15, -0.1) is 0 Å². The summed E-state index contributed by atoms with van der Waals surface area (Å²) >= 11 is 0. The third-order valence-corrected chi connectivity index (χ3v) is 1.75. The van der Waals surface area contributed by atoms with Crippen LogP contribution in [0, 0.1) is 10.1 Å². The number of allylic oxidation sites excluding steroid dienone is 4. The summed E-state index contributed by atoms with van der Waals surface area (Å²) in [6.45, 7) is 1.99. The minimum atomic E-state index is -0.319. The minimum Gasteiger partial charge on any atom is -0.299 e. The Morgan fingerprint density at radius 3 is 2.71 bits per heavy atom. The summed E-state index contributed by atoms with van der Waals surface area (Å²) in [6.07, 6.45) is 7.90. The monoisotopic (exact) mass is 197 g/mol. The Labute approximate surface area is 83.5 Å². The van der Waals surface area contributed by atoms with Crippen molar-refractivity contribution in [2.75, 3.05) is 6.54 Å². The van der Waals surface area contributed by atoms with Gasteiger partial charge in [0.1, 0.15) is 6.29 Å². The van der Waals surface area contributed by atoms with Gasteiger partial charge in [-0.1, -0.05) is 24.6 Å². The fourth-order valence-corrected chi connectivity index (χ4v) is 1.00. The second-order valence-electron chi connectivity index (χ2n) is 2.83. The Morgan fingerprint density at radius 1 is 1.50 bits per heavy atom. The fourth-order valence-electron chi connectivity index (χ4n) is 1.00. The van der Waals surface area contributed by atoms with E-state index >= 15 is 0 Å². The van der Waals surface area contributed by atoms with Crippen molar-refractivity contribution in [3.05, 3.63) is 33.9 Å². The molecular weight excluding hydrogens is 182 g/mol. The van der Waals surface area contributed by atoms with Gasteiger partial charge in [-0.2, -0.15) is 0 Å². The van der Waals surface area contributed by atoms with E-state index < -0.39 is 0 Å². The van der Waals surface area contributed by atoms with Gasteiger partial charge >= 0.3 is 0 Å². The van der Waals surface area contributed by atoms with Gasteiger partial charge in [0.15, 0.2) is 0 Å². The average molecular weight is 197 g/mol. The van der Waals surface area contributed by atoms with Gasteiger partial charge in [-0.3, -0.25) is 14.9 Å². The molecular formula is C10H15NO3. The maximum absolute atomic E-state index is 10.0. The number of carbonyl (C=O) groups excluding carboxylic acids is 1. The highest BCUT2D eigenvalue weighted by atomic mass is 16.6. The van der Waals surface area contributed by atoms with Crippen LogP contribution in [0.2, 0.25) is 0 Å². The van der Waals surface area contributed by atoms with Crippen molar-refractivity contribution < 1.29 is 9.72 Å². The molecule has 0 aliphatic carbocycles. The van der Waals surface area contributed by atoms with Crippen LogP contribution in [0.3, 0.4) is 0 Å².